The zero-order valence-corrected chi connectivity index (χ0v) is 10.8. The highest BCUT2D eigenvalue weighted by molar-refractivity contribution is 5.94. The smallest absolute Gasteiger partial charge is 0.339 e. The van der Waals surface area contributed by atoms with Crippen LogP contribution in [-0.2, 0) is 0 Å². The summed E-state index contributed by atoms with van der Waals surface area (Å²) in [6, 6.07) is 3.29. The summed E-state index contributed by atoms with van der Waals surface area (Å²) < 4.78 is 1.81. The SMILES string of the molecule is CCN1CCC(c2nnc3c(C(=O)O)cccn23)C1. The second-order valence-electron chi connectivity index (χ2n) is 4.86. The monoisotopic (exact) mass is 260 g/mol. The number of likely N-dealkylation sites (tertiary alicyclic amines) is 1. The number of carboxylic acid groups (broad SMARTS) is 1. The van der Waals surface area contributed by atoms with E-state index in [2.05, 4.69) is 22.0 Å². The van der Waals surface area contributed by atoms with Crippen molar-refractivity contribution in [3.63, 3.8) is 0 Å². The topological polar surface area (TPSA) is 70.7 Å². The maximum absolute atomic E-state index is 11.2. The molecule has 3 heterocycles. The number of fused-ring (bicyclic) bond motifs is 1. The highest BCUT2D eigenvalue weighted by atomic mass is 16.4. The minimum atomic E-state index is -0.967. The fourth-order valence-electron chi connectivity index (χ4n) is 2.71. The lowest BCUT2D eigenvalue weighted by molar-refractivity contribution is 0.0698. The van der Waals surface area contributed by atoms with Gasteiger partial charge in [-0.3, -0.25) is 4.40 Å². The number of likely N-dealkylation sites (N-methyl/N-ethyl adjacent to an activating group) is 1. The van der Waals surface area contributed by atoms with Crippen molar-refractivity contribution in [2.75, 3.05) is 19.6 Å². The summed E-state index contributed by atoms with van der Waals surface area (Å²) in [6.07, 6.45) is 2.89. The van der Waals surface area contributed by atoms with Crippen LogP contribution in [0.3, 0.4) is 0 Å². The van der Waals surface area contributed by atoms with Crippen molar-refractivity contribution in [3.8, 4) is 0 Å². The molecule has 1 aliphatic heterocycles. The quantitative estimate of drug-likeness (QED) is 0.899. The highest BCUT2D eigenvalue weighted by Crippen LogP contribution is 2.26. The van der Waals surface area contributed by atoms with Crippen molar-refractivity contribution in [2.24, 2.45) is 0 Å². The van der Waals surface area contributed by atoms with E-state index in [1.807, 2.05) is 10.6 Å². The van der Waals surface area contributed by atoms with E-state index in [0.29, 0.717) is 11.6 Å². The third-order valence-corrected chi connectivity index (χ3v) is 3.78. The third-order valence-electron chi connectivity index (χ3n) is 3.78. The molecular weight excluding hydrogens is 244 g/mol. The standard InChI is InChI=1S/C13H16N4O2/c1-2-16-7-5-9(8-16)11-14-15-12-10(13(18)19)4-3-6-17(11)12/h3-4,6,9H,2,5,7-8H2,1H3,(H,18,19). The first kappa shape index (κ1) is 12.1. The summed E-state index contributed by atoms with van der Waals surface area (Å²) in [7, 11) is 0. The Morgan fingerprint density at radius 1 is 1.53 bits per heavy atom. The van der Waals surface area contributed by atoms with Crippen LogP contribution < -0.4 is 0 Å². The summed E-state index contributed by atoms with van der Waals surface area (Å²) in [6.45, 7) is 5.21. The van der Waals surface area contributed by atoms with Crippen LogP contribution in [0.25, 0.3) is 5.65 Å². The molecule has 0 saturated carbocycles. The van der Waals surface area contributed by atoms with Gasteiger partial charge in [-0.25, -0.2) is 4.79 Å². The van der Waals surface area contributed by atoms with E-state index in [9.17, 15) is 4.79 Å². The molecule has 0 aromatic carbocycles. The maximum Gasteiger partial charge on any atom is 0.339 e. The van der Waals surface area contributed by atoms with Gasteiger partial charge in [0.1, 0.15) is 11.4 Å². The van der Waals surface area contributed by atoms with E-state index in [1.165, 1.54) is 0 Å². The Balaban J connectivity index is 2.02. The van der Waals surface area contributed by atoms with Crippen LogP contribution in [0.1, 0.15) is 35.4 Å². The number of nitrogens with zero attached hydrogens (tertiary/aromatic N) is 4. The van der Waals surface area contributed by atoms with Crippen LogP contribution in [0.2, 0.25) is 0 Å². The molecule has 0 radical (unpaired) electrons. The summed E-state index contributed by atoms with van der Waals surface area (Å²) in [5.74, 6) is 0.235. The Labute approximate surface area is 110 Å². The van der Waals surface area contributed by atoms with Crippen molar-refractivity contribution >= 4 is 11.6 Å². The van der Waals surface area contributed by atoms with Crippen LogP contribution in [0.5, 0.6) is 0 Å². The average molecular weight is 260 g/mol. The average Bonchev–Trinajstić information content (AvgIpc) is 3.03. The van der Waals surface area contributed by atoms with E-state index in [0.717, 1.165) is 31.9 Å². The number of rotatable bonds is 3. The first-order chi connectivity index (χ1) is 9.20. The fourth-order valence-corrected chi connectivity index (χ4v) is 2.71. The second kappa shape index (κ2) is 4.62. The molecule has 0 amide bonds. The molecular formula is C13H16N4O2. The van der Waals surface area contributed by atoms with Crippen LogP contribution in [0, 0.1) is 0 Å². The van der Waals surface area contributed by atoms with Gasteiger partial charge >= 0.3 is 5.97 Å². The molecule has 6 nitrogen and oxygen atoms in total. The molecule has 100 valence electrons. The molecule has 0 bridgehead atoms. The van der Waals surface area contributed by atoms with E-state index in [4.69, 9.17) is 5.11 Å². The van der Waals surface area contributed by atoms with Crippen molar-refractivity contribution in [2.45, 2.75) is 19.3 Å². The second-order valence-corrected chi connectivity index (χ2v) is 4.86. The third kappa shape index (κ3) is 1.98. The Bertz CT molecular complexity index is 622. The van der Waals surface area contributed by atoms with E-state index in [1.54, 1.807) is 12.1 Å². The Morgan fingerprint density at radius 3 is 3.05 bits per heavy atom. The van der Waals surface area contributed by atoms with Gasteiger partial charge in [-0.15, -0.1) is 10.2 Å². The predicted octanol–water partition coefficient (Wildman–Crippen LogP) is 1.24. The lowest BCUT2D eigenvalue weighted by Crippen LogP contribution is -2.19. The summed E-state index contributed by atoms with van der Waals surface area (Å²) >= 11 is 0. The van der Waals surface area contributed by atoms with Gasteiger partial charge in [-0.2, -0.15) is 0 Å². The minimum Gasteiger partial charge on any atom is -0.478 e. The van der Waals surface area contributed by atoms with Crippen LogP contribution in [0.4, 0.5) is 0 Å². The van der Waals surface area contributed by atoms with Crippen molar-refractivity contribution in [1.82, 2.24) is 19.5 Å². The first-order valence-corrected chi connectivity index (χ1v) is 6.50. The lowest BCUT2D eigenvalue weighted by Gasteiger charge is -2.12. The van der Waals surface area contributed by atoms with Crippen molar-refractivity contribution < 1.29 is 9.90 Å². The molecule has 1 fully saturated rings. The molecule has 1 N–H and O–H groups in total. The molecule has 1 saturated heterocycles. The fraction of sp³-hybridized carbons (Fsp3) is 0.462. The largest absolute Gasteiger partial charge is 0.478 e. The number of hydrogen-bond donors (Lipinski definition) is 1. The van der Waals surface area contributed by atoms with Gasteiger partial charge in [0.05, 0.1) is 0 Å². The minimum absolute atomic E-state index is 0.201. The Morgan fingerprint density at radius 2 is 2.37 bits per heavy atom. The summed E-state index contributed by atoms with van der Waals surface area (Å²) in [4.78, 5) is 13.5. The zero-order valence-electron chi connectivity index (χ0n) is 10.8. The molecule has 2 aromatic heterocycles. The highest BCUT2D eigenvalue weighted by Gasteiger charge is 2.27. The molecule has 2 aromatic rings. The molecule has 19 heavy (non-hydrogen) atoms. The lowest BCUT2D eigenvalue weighted by atomic mass is 10.1. The number of carbonyl (C=O) groups is 1. The number of aromatic nitrogens is 3. The number of hydrogen-bond acceptors (Lipinski definition) is 4. The molecule has 3 rings (SSSR count). The van der Waals surface area contributed by atoms with Crippen molar-refractivity contribution in [1.29, 1.82) is 0 Å². The Hall–Kier alpha value is -1.95. The Kier molecular flexibility index (Phi) is 2.94. The van der Waals surface area contributed by atoms with Gasteiger partial charge in [-0.05, 0) is 31.6 Å². The molecule has 6 heteroatoms. The molecule has 0 aliphatic carbocycles. The zero-order chi connectivity index (χ0) is 13.4. The van der Waals surface area contributed by atoms with Gasteiger partial charge in [0, 0.05) is 18.7 Å². The maximum atomic E-state index is 11.2. The van der Waals surface area contributed by atoms with Gasteiger partial charge in [0.15, 0.2) is 5.65 Å². The molecule has 1 unspecified atom stereocenters. The van der Waals surface area contributed by atoms with E-state index >= 15 is 0 Å². The first-order valence-electron chi connectivity index (χ1n) is 6.50. The molecule has 1 aliphatic rings. The van der Waals surface area contributed by atoms with Crippen LogP contribution >= 0.6 is 0 Å². The molecule has 0 spiro atoms. The summed E-state index contributed by atoms with van der Waals surface area (Å²) in [5.41, 5.74) is 0.631. The molecule has 1 atom stereocenters. The number of aromatic carboxylic acids is 1. The predicted molar refractivity (Wildman–Crippen MR) is 69.4 cm³/mol. The van der Waals surface area contributed by atoms with E-state index in [-0.39, 0.29) is 5.56 Å². The van der Waals surface area contributed by atoms with E-state index < -0.39 is 5.97 Å². The van der Waals surface area contributed by atoms with Gasteiger partial charge in [0.25, 0.3) is 0 Å². The van der Waals surface area contributed by atoms with Gasteiger partial charge < -0.3 is 10.0 Å². The van der Waals surface area contributed by atoms with Crippen LogP contribution in [-0.4, -0.2) is 50.2 Å². The van der Waals surface area contributed by atoms with Gasteiger partial charge in [0.2, 0.25) is 0 Å². The van der Waals surface area contributed by atoms with Crippen LogP contribution in [0.15, 0.2) is 18.3 Å². The number of carboxylic acids is 1. The number of pyridine rings is 1. The summed E-state index contributed by atoms with van der Waals surface area (Å²) in [5, 5.41) is 17.4. The normalized spacial score (nSPS) is 20.2. The van der Waals surface area contributed by atoms with Gasteiger partial charge in [-0.1, -0.05) is 6.92 Å². The van der Waals surface area contributed by atoms with Crippen molar-refractivity contribution in [3.05, 3.63) is 29.7 Å².